The van der Waals surface area contributed by atoms with Gasteiger partial charge in [-0.2, -0.15) is 0 Å². The minimum Gasteiger partial charge on any atom is -0.258 e. The van der Waals surface area contributed by atoms with Crippen molar-refractivity contribution in [1.29, 1.82) is 0 Å². The molecule has 0 heterocycles. The Kier molecular flexibility index (Phi) is 4.05. The van der Waals surface area contributed by atoms with Crippen LogP contribution in [0.3, 0.4) is 0 Å². The highest BCUT2D eigenvalue weighted by Gasteiger charge is 2.27. The molecule has 17 heavy (non-hydrogen) atoms. The number of rotatable bonds is 3. The molecule has 0 saturated heterocycles. The van der Waals surface area contributed by atoms with Crippen LogP contribution < -0.4 is 0 Å². The summed E-state index contributed by atoms with van der Waals surface area (Å²) in [5.74, 6) is 0.372. The van der Waals surface area contributed by atoms with Crippen LogP contribution >= 0.6 is 27.5 Å². The van der Waals surface area contributed by atoms with Crippen LogP contribution in [0.4, 0.5) is 5.69 Å². The van der Waals surface area contributed by atoms with E-state index in [-0.39, 0.29) is 16.0 Å². The third-order valence-electron chi connectivity index (χ3n) is 3.29. The van der Waals surface area contributed by atoms with Crippen molar-refractivity contribution in [2.75, 3.05) is 0 Å². The molecule has 3 nitrogen and oxygen atoms in total. The Morgan fingerprint density at radius 3 is 2.82 bits per heavy atom. The zero-order chi connectivity index (χ0) is 12.4. The van der Waals surface area contributed by atoms with Gasteiger partial charge in [-0.05, 0) is 31.2 Å². The van der Waals surface area contributed by atoms with E-state index in [1.54, 1.807) is 6.07 Å². The van der Waals surface area contributed by atoms with E-state index in [9.17, 15) is 10.1 Å². The van der Waals surface area contributed by atoms with E-state index in [1.165, 1.54) is 0 Å². The number of alkyl halides is 1. The molecule has 2 atom stereocenters. The lowest BCUT2D eigenvalue weighted by molar-refractivity contribution is -0.385. The molecule has 1 aliphatic rings. The Balaban J connectivity index is 2.22. The topological polar surface area (TPSA) is 43.1 Å². The second-order valence-electron chi connectivity index (χ2n) is 4.44. The lowest BCUT2D eigenvalue weighted by Gasteiger charge is -2.13. The molecule has 1 saturated carbocycles. The maximum absolute atomic E-state index is 11.0. The summed E-state index contributed by atoms with van der Waals surface area (Å²) < 4.78 is 0.738. The Morgan fingerprint density at radius 1 is 1.47 bits per heavy atom. The van der Waals surface area contributed by atoms with Crippen molar-refractivity contribution in [1.82, 2.24) is 0 Å². The number of nitro groups is 1. The van der Waals surface area contributed by atoms with Gasteiger partial charge in [0.05, 0.1) is 4.92 Å². The van der Waals surface area contributed by atoms with Crippen LogP contribution in [0.2, 0.25) is 0 Å². The molecule has 2 unspecified atom stereocenters. The molecule has 0 bridgehead atoms. The second kappa shape index (κ2) is 5.36. The number of nitrogens with zero attached hydrogens (tertiary/aromatic N) is 1. The zero-order valence-corrected chi connectivity index (χ0v) is 11.6. The molecule has 1 aromatic rings. The predicted octanol–water partition coefficient (Wildman–Crippen LogP) is 4.31. The van der Waals surface area contributed by atoms with Crippen LogP contribution in [0, 0.1) is 16.0 Å². The van der Waals surface area contributed by atoms with Crippen molar-refractivity contribution in [2.24, 2.45) is 5.92 Å². The molecule has 2 rings (SSSR count). The van der Waals surface area contributed by atoms with Crippen LogP contribution in [0.25, 0.3) is 0 Å². The fraction of sp³-hybridized carbons (Fsp3) is 0.500. The molecule has 1 aromatic carbocycles. The molecule has 0 aliphatic heterocycles. The highest BCUT2D eigenvalue weighted by molar-refractivity contribution is 9.10. The van der Waals surface area contributed by atoms with Gasteiger partial charge in [-0.3, -0.25) is 10.1 Å². The first-order valence-electron chi connectivity index (χ1n) is 5.65. The maximum Gasteiger partial charge on any atom is 0.273 e. The van der Waals surface area contributed by atoms with Crippen LogP contribution in [0.5, 0.6) is 0 Å². The van der Waals surface area contributed by atoms with Gasteiger partial charge in [0.15, 0.2) is 0 Å². The maximum atomic E-state index is 11.0. The Labute approximate surface area is 113 Å². The van der Waals surface area contributed by atoms with Gasteiger partial charge in [0.25, 0.3) is 5.69 Å². The number of hydrogen-bond donors (Lipinski definition) is 0. The van der Waals surface area contributed by atoms with E-state index in [4.69, 9.17) is 11.6 Å². The summed E-state index contributed by atoms with van der Waals surface area (Å²) in [5.41, 5.74) is 0.978. The Morgan fingerprint density at radius 2 is 2.24 bits per heavy atom. The van der Waals surface area contributed by atoms with E-state index < -0.39 is 0 Å². The van der Waals surface area contributed by atoms with Gasteiger partial charge in [-0.15, -0.1) is 11.6 Å². The van der Waals surface area contributed by atoms with Gasteiger partial charge >= 0.3 is 0 Å². The summed E-state index contributed by atoms with van der Waals surface area (Å²) in [6, 6.07) is 5.23. The molecule has 0 amide bonds. The van der Waals surface area contributed by atoms with Crippen LogP contribution in [-0.4, -0.2) is 10.3 Å². The van der Waals surface area contributed by atoms with Gasteiger partial charge in [0.1, 0.15) is 0 Å². The van der Waals surface area contributed by atoms with Crippen molar-refractivity contribution in [3.63, 3.8) is 0 Å². The number of nitro benzene ring substituents is 1. The second-order valence-corrected chi connectivity index (χ2v) is 5.92. The molecular weight excluding hydrogens is 305 g/mol. The predicted molar refractivity (Wildman–Crippen MR) is 71.5 cm³/mol. The number of hydrogen-bond acceptors (Lipinski definition) is 2. The number of halogens is 2. The Bertz CT molecular complexity index is 439. The van der Waals surface area contributed by atoms with E-state index in [0.717, 1.165) is 29.3 Å². The zero-order valence-electron chi connectivity index (χ0n) is 9.23. The Hall–Kier alpha value is -0.610. The largest absolute Gasteiger partial charge is 0.273 e. The fourth-order valence-corrected chi connectivity index (χ4v) is 3.10. The fourth-order valence-electron chi connectivity index (χ4n) is 2.38. The summed E-state index contributed by atoms with van der Waals surface area (Å²) in [4.78, 5) is 10.7. The quantitative estimate of drug-likeness (QED) is 0.473. The molecule has 1 fully saturated rings. The molecule has 0 N–H and O–H groups in total. The normalized spacial score (nSPS) is 23.9. The van der Waals surface area contributed by atoms with Crippen molar-refractivity contribution in [2.45, 2.75) is 31.1 Å². The highest BCUT2D eigenvalue weighted by atomic mass is 79.9. The van der Waals surface area contributed by atoms with Gasteiger partial charge in [0, 0.05) is 21.5 Å². The molecule has 92 valence electrons. The molecular formula is C12H13BrClNO2. The van der Waals surface area contributed by atoms with Gasteiger partial charge in [-0.1, -0.05) is 28.4 Å². The molecule has 1 aliphatic carbocycles. The first-order valence-corrected chi connectivity index (χ1v) is 6.88. The van der Waals surface area contributed by atoms with Crippen molar-refractivity contribution >= 4 is 33.2 Å². The van der Waals surface area contributed by atoms with Gasteiger partial charge in [-0.25, -0.2) is 0 Å². The van der Waals surface area contributed by atoms with Gasteiger partial charge < -0.3 is 0 Å². The minimum absolute atomic E-state index is 0.165. The SMILES string of the molecule is O=[N+]([O-])c1cc(Br)ccc1CC1CCCC1Cl. The standard InChI is InChI=1S/C12H13BrClNO2/c13-10-5-4-9(12(7-10)15(16)17)6-8-2-1-3-11(8)14/h4-5,7-8,11H,1-3,6H2. The van der Waals surface area contributed by atoms with Crippen molar-refractivity contribution in [3.05, 3.63) is 38.3 Å². The van der Waals surface area contributed by atoms with Crippen molar-refractivity contribution in [3.8, 4) is 0 Å². The van der Waals surface area contributed by atoms with Crippen LogP contribution in [0.15, 0.2) is 22.7 Å². The highest BCUT2D eigenvalue weighted by Crippen LogP contribution is 2.35. The molecule has 0 aromatic heterocycles. The molecule has 5 heteroatoms. The lowest BCUT2D eigenvalue weighted by Crippen LogP contribution is -2.11. The smallest absolute Gasteiger partial charge is 0.258 e. The summed E-state index contributed by atoms with van der Waals surface area (Å²) in [5, 5.41) is 11.1. The third kappa shape index (κ3) is 2.99. The molecule has 0 radical (unpaired) electrons. The summed E-state index contributed by atoms with van der Waals surface area (Å²) >= 11 is 9.47. The van der Waals surface area contributed by atoms with E-state index in [0.29, 0.717) is 12.3 Å². The first kappa shape index (κ1) is 12.8. The van der Waals surface area contributed by atoms with E-state index >= 15 is 0 Å². The average Bonchev–Trinajstić information content (AvgIpc) is 2.67. The monoisotopic (exact) mass is 317 g/mol. The van der Waals surface area contributed by atoms with Crippen LogP contribution in [-0.2, 0) is 6.42 Å². The summed E-state index contributed by atoms with van der Waals surface area (Å²) in [7, 11) is 0. The van der Waals surface area contributed by atoms with E-state index in [1.807, 2.05) is 12.1 Å². The summed E-state index contributed by atoms with van der Waals surface area (Å²) in [6.45, 7) is 0. The summed E-state index contributed by atoms with van der Waals surface area (Å²) in [6.07, 6.45) is 3.93. The molecule has 0 spiro atoms. The first-order chi connectivity index (χ1) is 8.08. The number of benzene rings is 1. The van der Waals surface area contributed by atoms with Crippen molar-refractivity contribution < 1.29 is 4.92 Å². The minimum atomic E-state index is -0.321. The lowest BCUT2D eigenvalue weighted by atomic mass is 9.96. The van der Waals surface area contributed by atoms with Gasteiger partial charge in [0.2, 0.25) is 0 Å². The van der Waals surface area contributed by atoms with E-state index in [2.05, 4.69) is 15.9 Å². The van der Waals surface area contributed by atoms with Crippen LogP contribution in [0.1, 0.15) is 24.8 Å². The third-order valence-corrected chi connectivity index (χ3v) is 4.36. The average molecular weight is 319 g/mol.